The van der Waals surface area contributed by atoms with Gasteiger partial charge in [-0.15, -0.1) is 0 Å². The molecule has 7 nitrogen and oxygen atoms in total. The number of amides is 2. The van der Waals surface area contributed by atoms with Gasteiger partial charge in [0.1, 0.15) is 23.7 Å². The van der Waals surface area contributed by atoms with Gasteiger partial charge in [0.15, 0.2) is 0 Å². The Morgan fingerprint density at radius 1 is 1.33 bits per heavy atom. The second kappa shape index (κ2) is 5.83. The average Bonchev–Trinajstić information content (AvgIpc) is 2.94. The van der Waals surface area contributed by atoms with Crippen LogP contribution in [0.4, 0.5) is 0 Å². The van der Waals surface area contributed by atoms with E-state index >= 15 is 0 Å². The Hall–Kier alpha value is -1.92. The van der Waals surface area contributed by atoms with Crippen LogP contribution in [-0.4, -0.2) is 43.1 Å². The molecule has 7 heteroatoms. The Labute approximate surface area is 124 Å². The van der Waals surface area contributed by atoms with E-state index in [1.165, 1.54) is 6.33 Å². The highest BCUT2D eigenvalue weighted by Gasteiger charge is 2.48. The monoisotopic (exact) mass is 293 g/mol. The molecule has 2 unspecified atom stereocenters. The molecule has 0 saturated carbocycles. The van der Waals surface area contributed by atoms with Crippen LogP contribution in [0.1, 0.15) is 46.4 Å². The minimum absolute atomic E-state index is 0.0490. The quantitative estimate of drug-likeness (QED) is 0.867. The van der Waals surface area contributed by atoms with Crippen LogP contribution < -0.4 is 5.32 Å². The van der Waals surface area contributed by atoms with Crippen LogP contribution in [0.25, 0.3) is 0 Å². The minimum Gasteiger partial charge on any atom is -0.342 e. The number of piperazine rings is 1. The number of aromatic nitrogens is 3. The SMILES string of the molecule is CCC1NC(=O)C(C)(CC)N(Cc2ncnn2CC)C1=O. The largest absolute Gasteiger partial charge is 0.342 e. The van der Waals surface area contributed by atoms with E-state index in [1.54, 1.807) is 16.5 Å². The first-order valence-electron chi connectivity index (χ1n) is 7.47. The van der Waals surface area contributed by atoms with Gasteiger partial charge in [0.05, 0.1) is 6.54 Å². The Bertz CT molecular complexity index is 541. The first kappa shape index (κ1) is 15.5. The molecule has 2 rings (SSSR count). The summed E-state index contributed by atoms with van der Waals surface area (Å²) >= 11 is 0. The molecule has 1 N–H and O–H groups in total. The molecule has 2 heterocycles. The maximum Gasteiger partial charge on any atom is 0.246 e. The molecule has 0 aliphatic carbocycles. The molecule has 0 radical (unpaired) electrons. The Morgan fingerprint density at radius 3 is 2.62 bits per heavy atom. The Balaban J connectivity index is 2.35. The number of hydrogen-bond donors (Lipinski definition) is 1. The van der Waals surface area contributed by atoms with E-state index in [0.29, 0.717) is 31.8 Å². The third-order valence-electron chi connectivity index (χ3n) is 4.35. The number of carbonyl (C=O) groups is 2. The van der Waals surface area contributed by atoms with Gasteiger partial charge >= 0.3 is 0 Å². The van der Waals surface area contributed by atoms with Crippen LogP contribution in [0.15, 0.2) is 6.33 Å². The van der Waals surface area contributed by atoms with Crippen molar-refractivity contribution in [3.05, 3.63) is 12.2 Å². The molecule has 0 aromatic carbocycles. The predicted octanol–water partition coefficient (Wildman–Crippen LogP) is 0.704. The Kier molecular flexibility index (Phi) is 4.29. The molecule has 0 spiro atoms. The van der Waals surface area contributed by atoms with E-state index in [9.17, 15) is 9.59 Å². The second-order valence-electron chi connectivity index (χ2n) is 5.48. The fourth-order valence-electron chi connectivity index (χ4n) is 2.63. The summed E-state index contributed by atoms with van der Waals surface area (Å²) < 4.78 is 1.75. The van der Waals surface area contributed by atoms with Crippen LogP contribution in [-0.2, 0) is 22.7 Å². The molecule has 21 heavy (non-hydrogen) atoms. The summed E-state index contributed by atoms with van der Waals surface area (Å²) in [5, 5.41) is 6.95. The van der Waals surface area contributed by atoms with Crippen molar-refractivity contribution in [3.8, 4) is 0 Å². The molecule has 1 aromatic rings. The highest BCUT2D eigenvalue weighted by atomic mass is 16.2. The molecule has 1 aliphatic rings. The van der Waals surface area contributed by atoms with Gasteiger partial charge in [-0.3, -0.25) is 9.59 Å². The lowest BCUT2D eigenvalue weighted by Crippen LogP contribution is -2.68. The summed E-state index contributed by atoms with van der Waals surface area (Å²) in [6.45, 7) is 8.57. The highest BCUT2D eigenvalue weighted by Crippen LogP contribution is 2.27. The predicted molar refractivity (Wildman–Crippen MR) is 77.2 cm³/mol. The lowest BCUT2D eigenvalue weighted by atomic mass is 9.90. The van der Waals surface area contributed by atoms with Gasteiger partial charge in [0.2, 0.25) is 11.8 Å². The van der Waals surface area contributed by atoms with Crippen molar-refractivity contribution in [2.45, 2.75) is 65.2 Å². The van der Waals surface area contributed by atoms with Crippen LogP contribution in [0, 0.1) is 0 Å². The molecule has 2 amide bonds. The van der Waals surface area contributed by atoms with Crippen molar-refractivity contribution >= 4 is 11.8 Å². The number of nitrogens with one attached hydrogen (secondary N) is 1. The van der Waals surface area contributed by atoms with E-state index in [4.69, 9.17) is 0 Å². The van der Waals surface area contributed by atoms with Crippen molar-refractivity contribution in [2.24, 2.45) is 0 Å². The molecule has 2 atom stereocenters. The van der Waals surface area contributed by atoms with Crippen LogP contribution >= 0.6 is 0 Å². The third kappa shape index (κ3) is 2.52. The maximum atomic E-state index is 12.7. The zero-order chi connectivity index (χ0) is 15.6. The topological polar surface area (TPSA) is 80.1 Å². The smallest absolute Gasteiger partial charge is 0.246 e. The fraction of sp³-hybridized carbons (Fsp3) is 0.714. The number of hydrogen-bond acceptors (Lipinski definition) is 4. The molecular weight excluding hydrogens is 270 g/mol. The fourth-order valence-corrected chi connectivity index (χ4v) is 2.63. The van der Waals surface area contributed by atoms with Crippen LogP contribution in [0.3, 0.4) is 0 Å². The summed E-state index contributed by atoms with van der Waals surface area (Å²) in [6.07, 6.45) is 2.62. The number of carbonyl (C=O) groups excluding carboxylic acids is 2. The van der Waals surface area contributed by atoms with E-state index in [1.807, 2.05) is 20.8 Å². The van der Waals surface area contributed by atoms with E-state index in [2.05, 4.69) is 15.4 Å². The molecule has 0 bridgehead atoms. The summed E-state index contributed by atoms with van der Waals surface area (Å²) in [7, 11) is 0. The van der Waals surface area contributed by atoms with Crippen LogP contribution in [0.2, 0.25) is 0 Å². The first-order valence-corrected chi connectivity index (χ1v) is 7.47. The van der Waals surface area contributed by atoms with Gasteiger partial charge in [-0.1, -0.05) is 13.8 Å². The third-order valence-corrected chi connectivity index (χ3v) is 4.35. The van der Waals surface area contributed by atoms with E-state index in [0.717, 1.165) is 0 Å². The molecule has 116 valence electrons. The van der Waals surface area contributed by atoms with E-state index in [-0.39, 0.29) is 11.8 Å². The zero-order valence-corrected chi connectivity index (χ0v) is 13.1. The van der Waals surface area contributed by atoms with E-state index < -0.39 is 11.6 Å². The molecule has 1 saturated heterocycles. The van der Waals surface area contributed by atoms with Crippen molar-refractivity contribution in [3.63, 3.8) is 0 Å². The average molecular weight is 293 g/mol. The lowest BCUT2D eigenvalue weighted by molar-refractivity contribution is -0.157. The lowest BCUT2D eigenvalue weighted by Gasteiger charge is -2.45. The number of nitrogens with zero attached hydrogens (tertiary/aromatic N) is 4. The zero-order valence-electron chi connectivity index (χ0n) is 13.1. The maximum absolute atomic E-state index is 12.7. The summed E-state index contributed by atoms with van der Waals surface area (Å²) in [6, 6.07) is -0.449. The Morgan fingerprint density at radius 2 is 2.05 bits per heavy atom. The van der Waals surface area contributed by atoms with Crippen LogP contribution in [0.5, 0.6) is 0 Å². The normalized spacial score (nSPS) is 26.1. The number of aryl methyl sites for hydroxylation is 1. The number of rotatable bonds is 5. The molecule has 1 aromatic heterocycles. The van der Waals surface area contributed by atoms with Gasteiger partial charge < -0.3 is 10.2 Å². The summed E-state index contributed by atoms with van der Waals surface area (Å²) in [4.78, 5) is 30.9. The van der Waals surface area contributed by atoms with Crippen molar-refractivity contribution in [1.82, 2.24) is 25.0 Å². The van der Waals surface area contributed by atoms with Crippen molar-refractivity contribution in [2.75, 3.05) is 0 Å². The second-order valence-corrected chi connectivity index (χ2v) is 5.48. The summed E-state index contributed by atoms with van der Waals surface area (Å²) in [5.41, 5.74) is -0.840. The van der Waals surface area contributed by atoms with Crippen molar-refractivity contribution in [1.29, 1.82) is 0 Å². The van der Waals surface area contributed by atoms with Crippen molar-refractivity contribution < 1.29 is 9.59 Å². The minimum atomic E-state index is -0.840. The van der Waals surface area contributed by atoms with Gasteiger partial charge in [-0.25, -0.2) is 9.67 Å². The molecular formula is C14H23N5O2. The van der Waals surface area contributed by atoms with Gasteiger partial charge in [-0.2, -0.15) is 5.10 Å². The van der Waals surface area contributed by atoms with Gasteiger partial charge in [-0.05, 0) is 26.7 Å². The molecule has 1 fully saturated rings. The highest BCUT2D eigenvalue weighted by molar-refractivity contribution is 5.99. The molecule has 1 aliphatic heterocycles. The standard InChI is InChI=1S/C14H23N5O2/c1-5-10-12(20)18(14(4,6-2)13(21)17-10)8-11-15-9-16-19(11)7-3/h9-10H,5-8H2,1-4H3,(H,17,21). The van der Waals surface area contributed by atoms with Gasteiger partial charge in [0.25, 0.3) is 0 Å². The van der Waals surface area contributed by atoms with Gasteiger partial charge in [0, 0.05) is 6.54 Å². The summed E-state index contributed by atoms with van der Waals surface area (Å²) in [5.74, 6) is 0.557. The first-order chi connectivity index (χ1) is 9.97.